The molecule has 19 heavy (non-hydrogen) atoms. The minimum Gasteiger partial charge on any atom is -0.337 e. The van der Waals surface area contributed by atoms with Crippen LogP contribution in [0.5, 0.6) is 0 Å². The zero-order valence-electron chi connectivity index (χ0n) is 11.6. The van der Waals surface area contributed by atoms with Gasteiger partial charge in [-0.15, -0.1) is 0 Å². The Labute approximate surface area is 115 Å². The lowest BCUT2D eigenvalue weighted by Crippen LogP contribution is -2.51. The van der Waals surface area contributed by atoms with Crippen molar-refractivity contribution in [1.29, 1.82) is 5.26 Å². The topological polar surface area (TPSA) is 87.0 Å². The van der Waals surface area contributed by atoms with Gasteiger partial charge >= 0.3 is 0 Å². The molecule has 1 rings (SSSR count). The number of hydrogen-bond acceptors (Lipinski definition) is 4. The normalized spacial score (nSPS) is 27.5. The van der Waals surface area contributed by atoms with E-state index in [2.05, 4.69) is 11.4 Å². The second-order valence-electron chi connectivity index (χ2n) is 5.54. The molecular formula is C13H22N2O3S. The van der Waals surface area contributed by atoms with E-state index in [9.17, 15) is 18.5 Å². The summed E-state index contributed by atoms with van der Waals surface area (Å²) in [6.45, 7) is 3.81. The van der Waals surface area contributed by atoms with E-state index in [0.29, 0.717) is 25.2 Å². The van der Waals surface area contributed by atoms with Crippen molar-refractivity contribution in [1.82, 2.24) is 5.32 Å². The molecule has 0 radical (unpaired) electrons. The smallest absolute Gasteiger partial charge is 0.236 e. The number of nitrogens with zero attached hydrogens (tertiary/aromatic N) is 1. The first-order valence-electron chi connectivity index (χ1n) is 6.75. The highest BCUT2D eigenvalue weighted by molar-refractivity contribution is 7.92. The monoisotopic (exact) mass is 286 g/mol. The lowest BCUT2D eigenvalue weighted by atomic mass is 9.77. The van der Waals surface area contributed by atoms with E-state index in [0.717, 1.165) is 12.8 Å². The quantitative estimate of drug-likeness (QED) is 0.827. The van der Waals surface area contributed by atoms with E-state index >= 15 is 0 Å². The van der Waals surface area contributed by atoms with Gasteiger partial charge < -0.3 is 5.32 Å². The summed E-state index contributed by atoms with van der Waals surface area (Å²) in [5.74, 6) is -0.681. The summed E-state index contributed by atoms with van der Waals surface area (Å²) in [5, 5.41) is 11.9. The summed E-state index contributed by atoms with van der Waals surface area (Å²) in [7, 11) is -3.35. The van der Waals surface area contributed by atoms with Crippen LogP contribution in [0.4, 0.5) is 0 Å². The fraction of sp³-hybridized carbons (Fsp3) is 0.846. The van der Waals surface area contributed by atoms with Crippen LogP contribution in [0.25, 0.3) is 0 Å². The third-order valence-electron chi connectivity index (χ3n) is 3.46. The van der Waals surface area contributed by atoms with Gasteiger partial charge in [-0.3, -0.25) is 4.79 Å². The predicted octanol–water partition coefficient (Wildman–Crippen LogP) is 1.40. The molecule has 1 saturated carbocycles. The Morgan fingerprint density at radius 2 is 2.21 bits per heavy atom. The molecule has 0 aliphatic heterocycles. The summed E-state index contributed by atoms with van der Waals surface area (Å²) < 4.78 is 23.2. The number of amides is 1. The summed E-state index contributed by atoms with van der Waals surface area (Å²) >= 11 is 0. The first-order valence-corrected chi connectivity index (χ1v) is 8.57. The van der Waals surface area contributed by atoms with E-state index in [-0.39, 0.29) is 5.75 Å². The Morgan fingerprint density at radius 3 is 2.74 bits per heavy atom. The zero-order valence-corrected chi connectivity index (χ0v) is 12.4. The second kappa shape index (κ2) is 6.38. The number of hydrogen-bond donors (Lipinski definition) is 1. The summed E-state index contributed by atoms with van der Waals surface area (Å²) in [6.07, 6.45) is 3.64. The largest absolute Gasteiger partial charge is 0.337 e. The first kappa shape index (κ1) is 16.0. The molecule has 2 atom stereocenters. The molecule has 5 nitrogen and oxygen atoms in total. The van der Waals surface area contributed by atoms with Gasteiger partial charge in [0.2, 0.25) is 5.91 Å². The predicted molar refractivity (Wildman–Crippen MR) is 73.1 cm³/mol. The first-order chi connectivity index (χ1) is 8.82. The maximum atomic E-state index is 11.8. The summed E-state index contributed by atoms with van der Waals surface area (Å²) in [6, 6.07) is 2.17. The fourth-order valence-electron chi connectivity index (χ4n) is 2.68. The Balaban J connectivity index is 2.67. The molecule has 1 aliphatic carbocycles. The van der Waals surface area contributed by atoms with Crippen LogP contribution in [0.1, 0.15) is 46.0 Å². The molecule has 1 aliphatic rings. The maximum absolute atomic E-state index is 11.8. The van der Waals surface area contributed by atoms with Crippen molar-refractivity contribution < 1.29 is 13.2 Å². The average molecular weight is 286 g/mol. The van der Waals surface area contributed by atoms with E-state index in [4.69, 9.17) is 0 Å². The summed E-state index contributed by atoms with van der Waals surface area (Å²) in [4.78, 5) is 11.8. The van der Waals surface area contributed by atoms with Crippen molar-refractivity contribution in [3.63, 3.8) is 0 Å². The highest BCUT2D eigenvalue weighted by atomic mass is 32.2. The van der Waals surface area contributed by atoms with Crippen LogP contribution in [0.15, 0.2) is 0 Å². The van der Waals surface area contributed by atoms with Gasteiger partial charge in [0.05, 0.1) is 11.8 Å². The fourth-order valence-corrected chi connectivity index (χ4v) is 3.92. The van der Waals surface area contributed by atoms with E-state index < -0.39 is 27.0 Å². The molecule has 108 valence electrons. The molecule has 0 heterocycles. The van der Waals surface area contributed by atoms with Crippen LogP contribution >= 0.6 is 0 Å². The van der Waals surface area contributed by atoms with Crippen LogP contribution < -0.4 is 5.32 Å². The Morgan fingerprint density at radius 1 is 1.53 bits per heavy atom. The number of nitriles is 1. The number of rotatable bonds is 5. The van der Waals surface area contributed by atoms with Gasteiger partial charge in [0.25, 0.3) is 0 Å². The van der Waals surface area contributed by atoms with Gasteiger partial charge in [-0.05, 0) is 31.6 Å². The Bertz CT molecular complexity index is 467. The highest BCUT2D eigenvalue weighted by Gasteiger charge is 2.37. The molecule has 0 saturated heterocycles. The van der Waals surface area contributed by atoms with Crippen molar-refractivity contribution >= 4 is 15.7 Å². The van der Waals surface area contributed by atoms with Gasteiger partial charge in [0.15, 0.2) is 9.84 Å². The molecule has 0 aromatic carbocycles. The molecule has 0 unspecified atom stereocenters. The Hall–Kier alpha value is -1.09. The third-order valence-corrected chi connectivity index (χ3v) is 5.19. The van der Waals surface area contributed by atoms with E-state index in [1.165, 1.54) is 0 Å². The molecule has 0 bridgehead atoms. The Kier molecular flexibility index (Phi) is 5.36. The van der Waals surface area contributed by atoms with Crippen molar-refractivity contribution in [2.24, 2.45) is 5.92 Å². The van der Waals surface area contributed by atoms with Crippen LogP contribution in [0, 0.1) is 17.2 Å². The van der Waals surface area contributed by atoms with Crippen LogP contribution in [-0.4, -0.2) is 31.4 Å². The standard InChI is InChI=1S/C13H22N2O3S/c1-3-7-19(17,18)9-12(16)15-13(10-14)6-4-5-11(2)8-13/h11H,3-9H2,1-2H3,(H,15,16)/t11-,13-/m1/s1. The van der Waals surface area contributed by atoms with E-state index in [1.807, 2.05) is 6.92 Å². The van der Waals surface area contributed by atoms with Crippen LogP contribution in [-0.2, 0) is 14.6 Å². The SMILES string of the molecule is CCCS(=O)(=O)CC(=O)N[C@]1(C#N)CCC[C@@H](C)C1. The summed E-state index contributed by atoms with van der Waals surface area (Å²) in [5.41, 5.74) is -0.878. The molecule has 1 fully saturated rings. The maximum Gasteiger partial charge on any atom is 0.236 e. The van der Waals surface area contributed by atoms with Gasteiger partial charge in [0, 0.05) is 0 Å². The van der Waals surface area contributed by atoms with E-state index in [1.54, 1.807) is 6.92 Å². The molecule has 0 aromatic heterocycles. The molecule has 0 aromatic rings. The molecule has 1 N–H and O–H groups in total. The molecule has 6 heteroatoms. The number of carbonyl (C=O) groups is 1. The van der Waals surface area contributed by atoms with Gasteiger partial charge in [-0.1, -0.05) is 20.3 Å². The lowest BCUT2D eigenvalue weighted by Gasteiger charge is -2.34. The average Bonchev–Trinajstić information content (AvgIpc) is 2.27. The van der Waals surface area contributed by atoms with Crippen LogP contribution in [0.3, 0.4) is 0 Å². The number of sulfone groups is 1. The van der Waals surface area contributed by atoms with Gasteiger partial charge in [-0.25, -0.2) is 8.42 Å². The molecular weight excluding hydrogens is 264 g/mol. The van der Waals surface area contributed by atoms with Gasteiger partial charge in [0.1, 0.15) is 11.3 Å². The minimum atomic E-state index is -3.35. The van der Waals surface area contributed by atoms with Crippen molar-refractivity contribution in [2.45, 2.75) is 51.5 Å². The highest BCUT2D eigenvalue weighted by Crippen LogP contribution is 2.31. The number of nitrogens with one attached hydrogen (secondary N) is 1. The third kappa shape index (κ3) is 4.83. The minimum absolute atomic E-state index is 0.0103. The number of carbonyl (C=O) groups excluding carboxylic acids is 1. The zero-order chi connectivity index (χ0) is 14.5. The van der Waals surface area contributed by atoms with Crippen molar-refractivity contribution in [3.05, 3.63) is 0 Å². The molecule has 0 spiro atoms. The lowest BCUT2D eigenvalue weighted by molar-refractivity contribution is -0.120. The van der Waals surface area contributed by atoms with Gasteiger partial charge in [-0.2, -0.15) is 5.26 Å². The molecule has 1 amide bonds. The van der Waals surface area contributed by atoms with Crippen molar-refractivity contribution in [3.8, 4) is 6.07 Å². The van der Waals surface area contributed by atoms with Crippen molar-refractivity contribution in [2.75, 3.05) is 11.5 Å². The second-order valence-corrected chi connectivity index (χ2v) is 7.72. The van der Waals surface area contributed by atoms with Crippen LogP contribution in [0.2, 0.25) is 0 Å².